The molecule has 0 fully saturated rings. The number of hydrogen-bond donors (Lipinski definition) is 1. The van der Waals surface area contributed by atoms with Crippen molar-refractivity contribution in [3.8, 4) is 28.4 Å². The van der Waals surface area contributed by atoms with Crippen LogP contribution in [-0.4, -0.2) is 30.6 Å². The van der Waals surface area contributed by atoms with Gasteiger partial charge in [0.2, 0.25) is 11.7 Å². The van der Waals surface area contributed by atoms with Gasteiger partial charge in [-0.2, -0.15) is 5.21 Å². The summed E-state index contributed by atoms with van der Waals surface area (Å²) in [7, 11) is 0. The first kappa shape index (κ1) is 16.8. The van der Waals surface area contributed by atoms with Crippen molar-refractivity contribution in [3.05, 3.63) is 72.2 Å². The van der Waals surface area contributed by atoms with Crippen molar-refractivity contribution in [1.29, 1.82) is 0 Å². The molecule has 0 radical (unpaired) electrons. The monoisotopic (exact) mass is 358 g/mol. The van der Waals surface area contributed by atoms with Gasteiger partial charge >= 0.3 is 0 Å². The van der Waals surface area contributed by atoms with E-state index < -0.39 is 0 Å². The lowest BCUT2D eigenvalue weighted by atomic mass is 9.98. The van der Waals surface area contributed by atoms with Crippen molar-refractivity contribution in [2.75, 3.05) is 0 Å². The van der Waals surface area contributed by atoms with Crippen molar-refractivity contribution in [3.63, 3.8) is 0 Å². The SMILES string of the molecule is CCc1nccnc1OCc1ccc(-c2ccccc2-c2nn[nH]n2)cc1. The van der Waals surface area contributed by atoms with Gasteiger partial charge in [0.1, 0.15) is 12.3 Å². The quantitative estimate of drug-likeness (QED) is 0.568. The number of ether oxygens (including phenoxy) is 1. The van der Waals surface area contributed by atoms with Gasteiger partial charge in [-0.25, -0.2) is 4.98 Å². The van der Waals surface area contributed by atoms with E-state index in [2.05, 4.69) is 42.7 Å². The van der Waals surface area contributed by atoms with Crippen LogP contribution in [0.3, 0.4) is 0 Å². The van der Waals surface area contributed by atoms with Gasteiger partial charge in [-0.05, 0) is 28.3 Å². The van der Waals surface area contributed by atoms with Crippen molar-refractivity contribution < 1.29 is 4.74 Å². The number of aryl methyl sites for hydroxylation is 1. The average Bonchev–Trinajstić information content (AvgIpc) is 3.28. The van der Waals surface area contributed by atoms with Gasteiger partial charge in [-0.3, -0.25) is 4.98 Å². The Morgan fingerprint density at radius 2 is 1.70 bits per heavy atom. The van der Waals surface area contributed by atoms with Crippen molar-refractivity contribution in [1.82, 2.24) is 30.6 Å². The number of tetrazole rings is 1. The van der Waals surface area contributed by atoms with E-state index in [1.807, 2.05) is 43.3 Å². The molecular formula is C20H18N6O. The van der Waals surface area contributed by atoms with Crippen LogP contribution in [0.5, 0.6) is 5.88 Å². The predicted molar refractivity (Wildman–Crippen MR) is 101 cm³/mol. The molecule has 4 aromatic rings. The molecule has 0 spiro atoms. The highest BCUT2D eigenvalue weighted by molar-refractivity contribution is 5.80. The average molecular weight is 358 g/mol. The highest BCUT2D eigenvalue weighted by atomic mass is 16.5. The molecule has 0 unspecified atom stereocenters. The molecule has 0 bridgehead atoms. The third-order valence-electron chi connectivity index (χ3n) is 4.22. The van der Waals surface area contributed by atoms with E-state index in [4.69, 9.17) is 4.74 Å². The first-order chi connectivity index (χ1) is 13.3. The van der Waals surface area contributed by atoms with Gasteiger partial charge in [-0.15, -0.1) is 10.2 Å². The fourth-order valence-corrected chi connectivity index (χ4v) is 2.86. The lowest BCUT2D eigenvalue weighted by molar-refractivity contribution is 0.288. The molecular weight excluding hydrogens is 340 g/mol. The van der Waals surface area contributed by atoms with Crippen LogP contribution >= 0.6 is 0 Å². The highest BCUT2D eigenvalue weighted by Crippen LogP contribution is 2.29. The highest BCUT2D eigenvalue weighted by Gasteiger charge is 2.11. The summed E-state index contributed by atoms with van der Waals surface area (Å²) in [6, 6.07) is 16.2. The van der Waals surface area contributed by atoms with Crippen molar-refractivity contribution in [2.45, 2.75) is 20.0 Å². The van der Waals surface area contributed by atoms with E-state index in [0.717, 1.165) is 34.4 Å². The van der Waals surface area contributed by atoms with Crippen LogP contribution in [0.15, 0.2) is 60.9 Å². The molecule has 0 aliphatic carbocycles. The minimum atomic E-state index is 0.443. The van der Waals surface area contributed by atoms with Gasteiger partial charge in [0.25, 0.3) is 0 Å². The van der Waals surface area contributed by atoms with Gasteiger partial charge in [-0.1, -0.05) is 55.5 Å². The van der Waals surface area contributed by atoms with Crippen LogP contribution in [0.4, 0.5) is 0 Å². The Labute approximate surface area is 156 Å². The molecule has 0 amide bonds. The predicted octanol–water partition coefficient (Wildman–Crippen LogP) is 3.47. The summed E-state index contributed by atoms with van der Waals surface area (Å²) >= 11 is 0. The number of hydrogen-bond acceptors (Lipinski definition) is 6. The number of rotatable bonds is 6. The van der Waals surface area contributed by atoms with Crippen LogP contribution < -0.4 is 4.74 Å². The summed E-state index contributed by atoms with van der Waals surface area (Å²) in [6.07, 6.45) is 4.11. The number of H-pyrrole nitrogens is 1. The maximum Gasteiger partial charge on any atom is 0.235 e. The van der Waals surface area contributed by atoms with Gasteiger partial charge in [0.15, 0.2) is 0 Å². The van der Waals surface area contributed by atoms with Crippen LogP contribution in [0.25, 0.3) is 22.5 Å². The second kappa shape index (κ2) is 7.74. The number of nitrogens with zero attached hydrogens (tertiary/aromatic N) is 5. The maximum atomic E-state index is 5.84. The zero-order chi connectivity index (χ0) is 18.5. The molecule has 0 atom stereocenters. The van der Waals surface area contributed by atoms with Crippen molar-refractivity contribution in [2.24, 2.45) is 0 Å². The molecule has 4 rings (SSSR count). The fraction of sp³-hybridized carbons (Fsp3) is 0.150. The molecule has 0 saturated heterocycles. The van der Waals surface area contributed by atoms with Gasteiger partial charge < -0.3 is 4.74 Å². The van der Waals surface area contributed by atoms with Crippen LogP contribution in [0, 0.1) is 0 Å². The second-order valence-electron chi connectivity index (χ2n) is 5.93. The van der Waals surface area contributed by atoms with E-state index in [1.54, 1.807) is 12.4 Å². The standard InChI is InChI=1S/C20H18N6O/c1-2-18-20(22-12-11-21-18)27-13-14-7-9-15(10-8-14)16-5-3-4-6-17(16)19-23-25-26-24-19/h3-12H,2,13H2,1H3,(H,23,24,25,26). The molecule has 2 heterocycles. The lowest BCUT2D eigenvalue weighted by Crippen LogP contribution is -2.01. The number of benzene rings is 2. The lowest BCUT2D eigenvalue weighted by Gasteiger charge is -2.10. The van der Waals surface area contributed by atoms with Gasteiger partial charge in [0.05, 0.1) is 0 Å². The minimum absolute atomic E-state index is 0.443. The zero-order valence-corrected chi connectivity index (χ0v) is 14.8. The summed E-state index contributed by atoms with van der Waals surface area (Å²) in [5, 5.41) is 14.3. The minimum Gasteiger partial charge on any atom is -0.472 e. The molecule has 1 N–H and O–H groups in total. The number of aromatic nitrogens is 6. The topological polar surface area (TPSA) is 89.5 Å². The normalized spacial score (nSPS) is 10.7. The molecule has 2 aromatic heterocycles. The largest absolute Gasteiger partial charge is 0.472 e. The first-order valence-corrected chi connectivity index (χ1v) is 8.70. The Bertz CT molecular complexity index is 1010. The third kappa shape index (κ3) is 3.67. The molecule has 2 aromatic carbocycles. The molecule has 0 saturated carbocycles. The Balaban J connectivity index is 1.53. The summed E-state index contributed by atoms with van der Waals surface area (Å²) in [6.45, 7) is 2.48. The molecule has 27 heavy (non-hydrogen) atoms. The summed E-state index contributed by atoms with van der Waals surface area (Å²) < 4.78 is 5.84. The number of aromatic amines is 1. The molecule has 7 heteroatoms. The molecule has 134 valence electrons. The Hall–Kier alpha value is -3.61. The second-order valence-corrected chi connectivity index (χ2v) is 5.93. The van der Waals surface area contributed by atoms with E-state index in [9.17, 15) is 0 Å². The Morgan fingerprint density at radius 1 is 0.926 bits per heavy atom. The molecule has 7 nitrogen and oxygen atoms in total. The summed E-state index contributed by atoms with van der Waals surface area (Å²) in [4.78, 5) is 8.55. The van der Waals surface area contributed by atoms with Crippen LogP contribution in [0.1, 0.15) is 18.2 Å². The smallest absolute Gasteiger partial charge is 0.235 e. The van der Waals surface area contributed by atoms with Crippen molar-refractivity contribution >= 4 is 0 Å². The maximum absolute atomic E-state index is 5.84. The van der Waals surface area contributed by atoms with E-state index >= 15 is 0 Å². The summed E-state index contributed by atoms with van der Waals surface area (Å²) in [5.74, 6) is 1.17. The van der Waals surface area contributed by atoms with E-state index in [-0.39, 0.29) is 0 Å². The number of nitrogens with one attached hydrogen (secondary N) is 1. The third-order valence-corrected chi connectivity index (χ3v) is 4.22. The first-order valence-electron chi connectivity index (χ1n) is 8.70. The Kier molecular flexibility index (Phi) is 4.82. The molecule has 0 aliphatic heterocycles. The van der Waals surface area contributed by atoms with E-state index in [1.165, 1.54) is 0 Å². The van der Waals surface area contributed by atoms with Crippen LogP contribution in [-0.2, 0) is 13.0 Å². The van der Waals surface area contributed by atoms with Crippen LogP contribution in [0.2, 0.25) is 0 Å². The fourth-order valence-electron chi connectivity index (χ4n) is 2.86. The molecule has 0 aliphatic rings. The Morgan fingerprint density at radius 3 is 2.44 bits per heavy atom. The van der Waals surface area contributed by atoms with E-state index in [0.29, 0.717) is 18.3 Å². The zero-order valence-electron chi connectivity index (χ0n) is 14.8. The summed E-state index contributed by atoms with van der Waals surface area (Å²) in [5.41, 5.74) is 4.98. The van der Waals surface area contributed by atoms with Gasteiger partial charge in [0, 0.05) is 18.0 Å².